The third-order valence-electron chi connectivity index (χ3n) is 5.67. The lowest BCUT2D eigenvalue weighted by atomic mass is 9.92. The van der Waals surface area contributed by atoms with E-state index in [9.17, 15) is 4.79 Å². The molecular formula is C21H30N4O2S. The number of hydrogen-bond donors (Lipinski definition) is 0. The maximum absolute atomic E-state index is 12.2. The molecule has 2 aromatic heterocycles. The molecule has 28 heavy (non-hydrogen) atoms. The first kappa shape index (κ1) is 19.7. The average molecular weight is 403 g/mol. The Kier molecular flexibility index (Phi) is 5.67. The molecule has 2 aliphatic rings. The summed E-state index contributed by atoms with van der Waals surface area (Å²) in [6.07, 6.45) is 3.15. The van der Waals surface area contributed by atoms with Crippen LogP contribution in [0.2, 0.25) is 0 Å². The molecule has 6 nitrogen and oxygen atoms in total. The van der Waals surface area contributed by atoms with Gasteiger partial charge in [0, 0.05) is 24.4 Å². The van der Waals surface area contributed by atoms with Gasteiger partial charge in [-0.3, -0.25) is 9.69 Å². The number of hydrogen-bond acceptors (Lipinski definition) is 6. The monoisotopic (exact) mass is 402 g/mol. The number of ether oxygens (including phenoxy) is 1. The molecule has 0 radical (unpaired) electrons. The third kappa shape index (κ3) is 4.53. The van der Waals surface area contributed by atoms with E-state index in [2.05, 4.69) is 30.8 Å². The summed E-state index contributed by atoms with van der Waals surface area (Å²) in [6, 6.07) is 3.52. The number of rotatable bonds is 4. The SMILES string of the molecule is CC(C)(C)c1ccc(=O)n(CC2CCN(Cc3nc4c(s3)COCC4)CC2)n1. The maximum atomic E-state index is 12.2. The molecule has 0 unspecified atom stereocenters. The lowest BCUT2D eigenvalue weighted by Gasteiger charge is -2.31. The first-order valence-corrected chi connectivity index (χ1v) is 11.1. The van der Waals surface area contributed by atoms with E-state index in [0.29, 0.717) is 5.92 Å². The minimum absolute atomic E-state index is 0.00557. The van der Waals surface area contributed by atoms with Gasteiger partial charge in [0.05, 0.1) is 36.0 Å². The van der Waals surface area contributed by atoms with Crippen molar-refractivity contribution < 1.29 is 4.74 Å². The second kappa shape index (κ2) is 8.05. The molecule has 1 fully saturated rings. The first-order valence-electron chi connectivity index (χ1n) is 10.2. The smallest absolute Gasteiger partial charge is 0.266 e. The Bertz CT molecular complexity index is 852. The Morgan fingerprint density at radius 2 is 2.04 bits per heavy atom. The summed E-state index contributed by atoms with van der Waals surface area (Å²) in [5.74, 6) is 0.509. The third-order valence-corrected chi connectivity index (χ3v) is 6.73. The standard InChI is InChI=1S/C21H30N4O2S/c1-21(2,3)18-4-5-20(26)25(23-18)12-15-6-9-24(10-7-15)13-19-22-16-8-11-27-14-17(16)28-19/h4-5,15H,6-14H2,1-3H3. The van der Waals surface area contributed by atoms with Crippen LogP contribution in [0.15, 0.2) is 16.9 Å². The minimum Gasteiger partial charge on any atom is -0.375 e. The fourth-order valence-corrected chi connectivity index (χ4v) is 4.98. The number of aromatic nitrogens is 3. The molecule has 0 aromatic carbocycles. The Balaban J connectivity index is 1.33. The van der Waals surface area contributed by atoms with Gasteiger partial charge in [-0.2, -0.15) is 5.10 Å². The fraction of sp³-hybridized carbons (Fsp3) is 0.667. The maximum Gasteiger partial charge on any atom is 0.266 e. The summed E-state index contributed by atoms with van der Waals surface area (Å²) in [5.41, 5.74) is 2.18. The van der Waals surface area contributed by atoms with E-state index in [0.717, 1.165) is 64.3 Å². The fourth-order valence-electron chi connectivity index (χ4n) is 3.89. The van der Waals surface area contributed by atoms with Crippen molar-refractivity contribution in [1.82, 2.24) is 19.7 Å². The summed E-state index contributed by atoms with van der Waals surface area (Å²) >= 11 is 1.80. The molecular weight excluding hydrogens is 372 g/mol. The highest BCUT2D eigenvalue weighted by atomic mass is 32.1. The normalized spacial score (nSPS) is 19.0. The van der Waals surface area contributed by atoms with Crippen molar-refractivity contribution >= 4 is 11.3 Å². The topological polar surface area (TPSA) is 60.2 Å². The van der Waals surface area contributed by atoms with Crippen molar-refractivity contribution in [1.29, 1.82) is 0 Å². The molecule has 0 bridgehead atoms. The summed E-state index contributed by atoms with van der Waals surface area (Å²) < 4.78 is 7.21. The van der Waals surface area contributed by atoms with E-state index in [1.165, 1.54) is 15.6 Å². The number of fused-ring (bicyclic) bond motifs is 1. The van der Waals surface area contributed by atoms with Gasteiger partial charge in [-0.05, 0) is 37.9 Å². The van der Waals surface area contributed by atoms with Crippen molar-refractivity contribution in [3.05, 3.63) is 43.8 Å². The molecule has 0 atom stereocenters. The van der Waals surface area contributed by atoms with Gasteiger partial charge in [0.25, 0.3) is 5.56 Å². The lowest BCUT2D eigenvalue weighted by Crippen LogP contribution is -2.37. The van der Waals surface area contributed by atoms with E-state index in [1.54, 1.807) is 22.1 Å². The Labute approximate surface area is 170 Å². The Hall–Kier alpha value is -1.57. The van der Waals surface area contributed by atoms with Crippen molar-refractivity contribution in [2.75, 3.05) is 19.7 Å². The summed E-state index contributed by atoms with van der Waals surface area (Å²) in [4.78, 5) is 20.9. The van der Waals surface area contributed by atoms with Crippen LogP contribution in [0.25, 0.3) is 0 Å². The average Bonchev–Trinajstić information content (AvgIpc) is 3.06. The van der Waals surface area contributed by atoms with Crippen LogP contribution in [0.1, 0.15) is 54.9 Å². The largest absolute Gasteiger partial charge is 0.375 e. The molecule has 4 heterocycles. The van der Waals surface area contributed by atoms with E-state index in [1.807, 2.05) is 6.07 Å². The molecule has 0 spiro atoms. The van der Waals surface area contributed by atoms with Gasteiger partial charge in [0.15, 0.2) is 0 Å². The number of likely N-dealkylation sites (tertiary alicyclic amines) is 1. The second-order valence-corrected chi connectivity index (χ2v) is 10.2. The number of thiazole rings is 1. The molecule has 0 aliphatic carbocycles. The minimum atomic E-state index is -0.0449. The molecule has 152 valence electrons. The van der Waals surface area contributed by atoms with Gasteiger partial charge in [-0.15, -0.1) is 11.3 Å². The highest BCUT2D eigenvalue weighted by molar-refractivity contribution is 7.11. The molecule has 2 aromatic rings. The highest BCUT2D eigenvalue weighted by Gasteiger charge is 2.23. The van der Waals surface area contributed by atoms with Crippen LogP contribution in [0.5, 0.6) is 0 Å². The molecule has 0 amide bonds. The quantitative estimate of drug-likeness (QED) is 0.787. The summed E-state index contributed by atoms with van der Waals surface area (Å²) in [7, 11) is 0. The van der Waals surface area contributed by atoms with Crippen molar-refractivity contribution in [3.63, 3.8) is 0 Å². The van der Waals surface area contributed by atoms with Gasteiger partial charge < -0.3 is 4.74 Å². The zero-order valence-corrected chi connectivity index (χ0v) is 17.9. The van der Waals surface area contributed by atoms with E-state index in [-0.39, 0.29) is 11.0 Å². The van der Waals surface area contributed by atoms with Crippen molar-refractivity contribution in [2.45, 2.75) is 65.1 Å². The number of piperidine rings is 1. The molecule has 7 heteroatoms. The van der Waals surface area contributed by atoms with Crippen molar-refractivity contribution in [2.24, 2.45) is 5.92 Å². The van der Waals surface area contributed by atoms with Gasteiger partial charge in [0.2, 0.25) is 0 Å². The Morgan fingerprint density at radius 3 is 2.75 bits per heavy atom. The van der Waals surface area contributed by atoms with Gasteiger partial charge in [-0.25, -0.2) is 9.67 Å². The molecule has 4 rings (SSSR count). The van der Waals surface area contributed by atoms with Crippen LogP contribution in [-0.4, -0.2) is 39.4 Å². The molecule has 0 N–H and O–H groups in total. The van der Waals surface area contributed by atoms with E-state index in [4.69, 9.17) is 9.72 Å². The van der Waals surface area contributed by atoms with E-state index < -0.39 is 0 Å². The van der Waals surface area contributed by atoms with Crippen LogP contribution in [0.4, 0.5) is 0 Å². The predicted octanol–water partition coefficient (Wildman–Crippen LogP) is 2.98. The van der Waals surface area contributed by atoms with Crippen LogP contribution >= 0.6 is 11.3 Å². The number of nitrogens with zero attached hydrogens (tertiary/aromatic N) is 4. The van der Waals surface area contributed by atoms with Gasteiger partial charge in [0.1, 0.15) is 5.01 Å². The van der Waals surface area contributed by atoms with E-state index >= 15 is 0 Å². The Morgan fingerprint density at radius 1 is 1.25 bits per heavy atom. The predicted molar refractivity (Wildman–Crippen MR) is 111 cm³/mol. The van der Waals surface area contributed by atoms with Crippen LogP contribution in [0.3, 0.4) is 0 Å². The summed E-state index contributed by atoms with van der Waals surface area (Å²) in [6.45, 7) is 11.7. The van der Waals surface area contributed by atoms with Crippen molar-refractivity contribution in [3.8, 4) is 0 Å². The molecule has 1 saturated heterocycles. The zero-order chi connectivity index (χ0) is 19.7. The molecule has 0 saturated carbocycles. The second-order valence-electron chi connectivity index (χ2n) is 8.99. The van der Waals surface area contributed by atoms with Crippen LogP contribution in [0, 0.1) is 5.92 Å². The van der Waals surface area contributed by atoms with Crippen LogP contribution < -0.4 is 5.56 Å². The first-order chi connectivity index (χ1) is 13.4. The highest BCUT2D eigenvalue weighted by Crippen LogP contribution is 2.26. The van der Waals surface area contributed by atoms with Crippen LogP contribution in [-0.2, 0) is 36.3 Å². The lowest BCUT2D eigenvalue weighted by molar-refractivity contribution is 0.112. The van der Waals surface area contributed by atoms with Gasteiger partial charge >= 0.3 is 0 Å². The molecule has 2 aliphatic heterocycles. The summed E-state index contributed by atoms with van der Waals surface area (Å²) in [5, 5.41) is 5.84. The zero-order valence-electron chi connectivity index (χ0n) is 17.1. The van der Waals surface area contributed by atoms with Gasteiger partial charge in [-0.1, -0.05) is 20.8 Å².